The first-order valence-electron chi connectivity index (χ1n) is 5.95. The molecular weight excluding hydrogens is 306 g/mol. The third kappa shape index (κ3) is 3.90. The van der Waals surface area contributed by atoms with E-state index in [1.54, 1.807) is 6.33 Å². The number of nitrogens with one attached hydrogen (secondary N) is 1. The standard InChI is InChI=1S/C13H16BrN5/c1-19(6-5-15)13-8-12(16-9-17-13)18-11-4-2-3-10(14)7-11/h2-4,7-9H,5-6,15H2,1H3,(H,16,17,18). The molecular formula is C13H16BrN5. The van der Waals surface area contributed by atoms with Crippen LogP contribution in [0.5, 0.6) is 0 Å². The first-order chi connectivity index (χ1) is 9.19. The molecule has 0 radical (unpaired) electrons. The van der Waals surface area contributed by atoms with Gasteiger partial charge < -0.3 is 16.0 Å². The maximum atomic E-state index is 5.54. The zero-order valence-electron chi connectivity index (χ0n) is 10.7. The highest BCUT2D eigenvalue weighted by molar-refractivity contribution is 9.10. The van der Waals surface area contributed by atoms with Gasteiger partial charge in [0.1, 0.15) is 18.0 Å². The number of nitrogens with two attached hydrogens (primary N) is 1. The van der Waals surface area contributed by atoms with Crippen LogP contribution in [0.3, 0.4) is 0 Å². The molecule has 2 rings (SSSR count). The number of benzene rings is 1. The van der Waals surface area contributed by atoms with Crippen molar-refractivity contribution in [1.82, 2.24) is 9.97 Å². The van der Waals surface area contributed by atoms with Crippen LogP contribution in [0.15, 0.2) is 41.1 Å². The highest BCUT2D eigenvalue weighted by atomic mass is 79.9. The summed E-state index contributed by atoms with van der Waals surface area (Å²) in [6, 6.07) is 9.82. The largest absolute Gasteiger partial charge is 0.358 e. The van der Waals surface area contributed by atoms with Crippen LogP contribution in [0.4, 0.5) is 17.3 Å². The molecule has 100 valence electrons. The van der Waals surface area contributed by atoms with Gasteiger partial charge in [-0.2, -0.15) is 0 Å². The number of aromatic nitrogens is 2. The van der Waals surface area contributed by atoms with E-state index in [0.29, 0.717) is 6.54 Å². The third-order valence-electron chi connectivity index (χ3n) is 2.61. The summed E-state index contributed by atoms with van der Waals surface area (Å²) in [4.78, 5) is 10.4. The van der Waals surface area contributed by atoms with E-state index < -0.39 is 0 Å². The average molecular weight is 322 g/mol. The zero-order chi connectivity index (χ0) is 13.7. The third-order valence-corrected chi connectivity index (χ3v) is 3.10. The molecule has 19 heavy (non-hydrogen) atoms. The maximum absolute atomic E-state index is 5.54. The molecule has 0 aliphatic heterocycles. The van der Waals surface area contributed by atoms with Gasteiger partial charge in [0, 0.05) is 36.4 Å². The highest BCUT2D eigenvalue weighted by Gasteiger charge is 2.04. The number of halogens is 1. The molecule has 1 aromatic carbocycles. The van der Waals surface area contributed by atoms with E-state index in [2.05, 4.69) is 31.2 Å². The van der Waals surface area contributed by atoms with Crippen LogP contribution in [-0.2, 0) is 0 Å². The van der Waals surface area contributed by atoms with Crippen LogP contribution in [0, 0.1) is 0 Å². The Kier molecular flexibility index (Phi) is 4.70. The number of hydrogen-bond donors (Lipinski definition) is 2. The van der Waals surface area contributed by atoms with Gasteiger partial charge in [0.2, 0.25) is 0 Å². The number of hydrogen-bond acceptors (Lipinski definition) is 5. The summed E-state index contributed by atoms with van der Waals surface area (Å²) in [5.41, 5.74) is 6.51. The molecule has 1 aromatic heterocycles. The molecule has 0 saturated heterocycles. The molecule has 0 fully saturated rings. The Morgan fingerprint density at radius 1 is 1.32 bits per heavy atom. The molecule has 0 bridgehead atoms. The van der Waals surface area contributed by atoms with Gasteiger partial charge in [-0.25, -0.2) is 9.97 Å². The van der Waals surface area contributed by atoms with Crippen LogP contribution in [-0.4, -0.2) is 30.1 Å². The Bertz CT molecular complexity index is 546. The highest BCUT2D eigenvalue weighted by Crippen LogP contribution is 2.20. The molecule has 0 aliphatic rings. The van der Waals surface area contributed by atoms with Crippen molar-refractivity contribution in [2.75, 3.05) is 30.4 Å². The van der Waals surface area contributed by atoms with Gasteiger partial charge >= 0.3 is 0 Å². The molecule has 5 nitrogen and oxygen atoms in total. The summed E-state index contributed by atoms with van der Waals surface area (Å²) >= 11 is 3.44. The average Bonchev–Trinajstić information content (AvgIpc) is 2.39. The molecule has 0 amide bonds. The van der Waals surface area contributed by atoms with Crippen molar-refractivity contribution in [2.24, 2.45) is 5.73 Å². The Morgan fingerprint density at radius 3 is 2.89 bits per heavy atom. The van der Waals surface area contributed by atoms with Gasteiger partial charge in [-0.15, -0.1) is 0 Å². The minimum absolute atomic E-state index is 0.592. The number of anilines is 3. The summed E-state index contributed by atoms with van der Waals surface area (Å²) in [7, 11) is 1.96. The zero-order valence-corrected chi connectivity index (χ0v) is 12.3. The lowest BCUT2D eigenvalue weighted by atomic mass is 10.3. The van der Waals surface area contributed by atoms with Crippen molar-refractivity contribution in [3.63, 3.8) is 0 Å². The smallest absolute Gasteiger partial charge is 0.135 e. The SMILES string of the molecule is CN(CCN)c1cc(Nc2cccc(Br)c2)ncn1. The minimum atomic E-state index is 0.592. The summed E-state index contributed by atoms with van der Waals surface area (Å²) in [5, 5.41) is 3.24. The maximum Gasteiger partial charge on any atom is 0.135 e. The Hall–Kier alpha value is -1.66. The van der Waals surface area contributed by atoms with Crippen molar-refractivity contribution >= 4 is 33.3 Å². The van der Waals surface area contributed by atoms with Gasteiger partial charge in [0.15, 0.2) is 0 Å². The predicted molar refractivity (Wildman–Crippen MR) is 81.8 cm³/mol. The predicted octanol–water partition coefficient (Wildman–Crippen LogP) is 2.38. The molecule has 2 aromatic rings. The second-order valence-corrected chi connectivity index (χ2v) is 5.02. The second-order valence-electron chi connectivity index (χ2n) is 4.11. The van der Waals surface area contributed by atoms with Crippen molar-refractivity contribution < 1.29 is 0 Å². The van der Waals surface area contributed by atoms with Crippen LogP contribution in [0.2, 0.25) is 0 Å². The molecule has 0 aliphatic carbocycles. The van der Waals surface area contributed by atoms with Gasteiger partial charge in [-0.1, -0.05) is 22.0 Å². The summed E-state index contributed by atoms with van der Waals surface area (Å²) in [6.07, 6.45) is 1.54. The van der Waals surface area contributed by atoms with E-state index in [1.807, 2.05) is 42.3 Å². The monoisotopic (exact) mass is 321 g/mol. The minimum Gasteiger partial charge on any atom is -0.358 e. The lowest BCUT2D eigenvalue weighted by molar-refractivity contribution is 0.864. The summed E-state index contributed by atoms with van der Waals surface area (Å²) in [6.45, 7) is 1.35. The van der Waals surface area contributed by atoms with Crippen LogP contribution in [0.1, 0.15) is 0 Å². The number of likely N-dealkylation sites (N-methyl/N-ethyl adjacent to an activating group) is 1. The fourth-order valence-electron chi connectivity index (χ4n) is 1.65. The molecule has 0 saturated carbocycles. The lowest BCUT2D eigenvalue weighted by Crippen LogP contribution is -2.25. The first-order valence-corrected chi connectivity index (χ1v) is 6.74. The fraction of sp³-hybridized carbons (Fsp3) is 0.231. The van der Waals surface area contributed by atoms with Crippen LogP contribution < -0.4 is 16.0 Å². The number of rotatable bonds is 5. The van der Waals surface area contributed by atoms with Gasteiger partial charge in [-0.05, 0) is 18.2 Å². The van der Waals surface area contributed by atoms with E-state index in [9.17, 15) is 0 Å². The molecule has 6 heteroatoms. The van der Waals surface area contributed by atoms with Gasteiger partial charge in [0.25, 0.3) is 0 Å². The van der Waals surface area contributed by atoms with E-state index >= 15 is 0 Å². The van der Waals surface area contributed by atoms with Crippen LogP contribution in [0.25, 0.3) is 0 Å². The molecule has 0 atom stereocenters. The van der Waals surface area contributed by atoms with Crippen molar-refractivity contribution in [3.05, 3.63) is 41.1 Å². The Balaban J connectivity index is 2.15. The Labute approximate surface area is 121 Å². The van der Waals surface area contributed by atoms with Crippen molar-refractivity contribution in [1.29, 1.82) is 0 Å². The van der Waals surface area contributed by atoms with Gasteiger partial charge in [-0.3, -0.25) is 0 Å². The Morgan fingerprint density at radius 2 is 2.16 bits per heavy atom. The molecule has 1 heterocycles. The van der Waals surface area contributed by atoms with E-state index in [-0.39, 0.29) is 0 Å². The summed E-state index contributed by atoms with van der Waals surface area (Å²) < 4.78 is 1.02. The quantitative estimate of drug-likeness (QED) is 0.885. The molecule has 0 spiro atoms. The first kappa shape index (κ1) is 13.8. The van der Waals surface area contributed by atoms with E-state index in [1.165, 1.54) is 0 Å². The normalized spacial score (nSPS) is 10.3. The van der Waals surface area contributed by atoms with E-state index in [4.69, 9.17) is 5.73 Å². The fourth-order valence-corrected chi connectivity index (χ4v) is 2.05. The topological polar surface area (TPSA) is 67.1 Å². The molecule has 3 N–H and O–H groups in total. The van der Waals surface area contributed by atoms with Gasteiger partial charge in [0.05, 0.1) is 0 Å². The molecule has 0 unspecified atom stereocenters. The van der Waals surface area contributed by atoms with Crippen molar-refractivity contribution in [3.8, 4) is 0 Å². The lowest BCUT2D eigenvalue weighted by Gasteiger charge is -2.17. The van der Waals surface area contributed by atoms with Crippen LogP contribution >= 0.6 is 15.9 Å². The van der Waals surface area contributed by atoms with Crippen molar-refractivity contribution in [2.45, 2.75) is 0 Å². The second kappa shape index (κ2) is 6.49. The van der Waals surface area contributed by atoms with E-state index in [0.717, 1.165) is 28.3 Å². The summed E-state index contributed by atoms with van der Waals surface area (Å²) in [5.74, 6) is 1.60. The number of nitrogens with zero attached hydrogens (tertiary/aromatic N) is 3.